The molecule has 0 saturated carbocycles. The van der Waals surface area contributed by atoms with Gasteiger partial charge in [-0.15, -0.1) is 0 Å². The third-order valence-corrected chi connectivity index (χ3v) is 2.20. The molecule has 2 N–H and O–H groups in total. The summed E-state index contributed by atoms with van der Waals surface area (Å²) in [4.78, 5) is 11.4. The van der Waals surface area contributed by atoms with E-state index in [1.807, 2.05) is 0 Å². The fourth-order valence-corrected chi connectivity index (χ4v) is 1.43. The third kappa shape index (κ3) is 2.73. The molecule has 0 radical (unpaired) electrons. The lowest BCUT2D eigenvalue weighted by Crippen LogP contribution is -2.14. The molecule has 0 atom stereocenters. The lowest BCUT2D eigenvalue weighted by molar-refractivity contribution is -0.0510. The van der Waals surface area contributed by atoms with Gasteiger partial charge in [0.2, 0.25) is 0 Å². The Hall–Kier alpha value is -2.20. The van der Waals surface area contributed by atoms with Crippen LogP contribution in [0.5, 0.6) is 5.75 Å². The highest BCUT2D eigenvalue weighted by molar-refractivity contribution is 5.93. The van der Waals surface area contributed by atoms with Crippen molar-refractivity contribution in [3.8, 4) is 11.8 Å². The van der Waals surface area contributed by atoms with Crippen molar-refractivity contribution in [2.45, 2.75) is 13.2 Å². The molecular formula is C11H10F2N2O3. The maximum atomic E-state index is 12.3. The van der Waals surface area contributed by atoms with Gasteiger partial charge in [-0.3, -0.25) is 0 Å². The van der Waals surface area contributed by atoms with Crippen LogP contribution < -0.4 is 10.5 Å². The normalized spacial score (nSPS) is 10.0. The van der Waals surface area contributed by atoms with E-state index in [-0.39, 0.29) is 23.2 Å². The number of carbonyl (C=O) groups is 1. The molecule has 7 heteroatoms. The Balaban J connectivity index is 3.44. The number of nitrogens with zero attached hydrogens (tertiary/aromatic N) is 1. The molecule has 0 amide bonds. The topological polar surface area (TPSA) is 85.3 Å². The number of nitriles is 1. The smallest absolute Gasteiger partial charge is 0.387 e. The highest BCUT2D eigenvalue weighted by Crippen LogP contribution is 2.29. The maximum Gasteiger partial charge on any atom is 0.387 e. The van der Waals surface area contributed by atoms with Crippen LogP contribution in [0.15, 0.2) is 12.1 Å². The van der Waals surface area contributed by atoms with Crippen molar-refractivity contribution in [2.24, 2.45) is 5.73 Å². The molecule has 0 aliphatic carbocycles. The summed E-state index contributed by atoms with van der Waals surface area (Å²) in [6.45, 7) is -3.34. The first-order valence-electron chi connectivity index (χ1n) is 4.84. The second-order valence-corrected chi connectivity index (χ2v) is 3.15. The molecule has 0 aliphatic heterocycles. The summed E-state index contributed by atoms with van der Waals surface area (Å²) in [7, 11) is 1.11. The van der Waals surface area contributed by atoms with Crippen molar-refractivity contribution in [1.82, 2.24) is 0 Å². The quantitative estimate of drug-likeness (QED) is 0.823. The molecule has 0 saturated heterocycles. The standard InChI is InChI=1S/C11H10F2N2O3/c1-17-10(16)7-3-2-6(4-14)8(5-15)9(7)18-11(12)13/h2-3,11H,5,15H2,1H3. The Bertz CT molecular complexity index is 498. The predicted octanol–water partition coefficient (Wildman–Crippen LogP) is 1.40. The summed E-state index contributed by atoms with van der Waals surface area (Å²) in [5, 5.41) is 8.83. The Morgan fingerprint density at radius 3 is 2.67 bits per heavy atom. The Labute approximate surface area is 102 Å². The minimum absolute atomic E-state index is 0.0423. The van der Waals surface area contributed by atoms with E-state index < -0.39 is 18.3 Å². The fourth-order valence-electron chi connectivity index (χ4n) is 1.43. The lowest BCUT2D eigenvalue weighted by atomic mass is 10.0. The largest absolute Gasteiger partial charge is 0.465 e. The molecule has 0 aromatic heterocycles. The summed E-state index contributed by atoms with van der Waals surface area (Å²) in [6, 6.07) is 4.27. The number of benzene rings is 1. The molecule has 0 aliphatic rings. The van der Waals surface area contributed by atoms with Gasteiger partial charge in [0.25, 0.3) is 0 Å². The number of rotatable bonds is 4. The summed E-state index contributed by atoms with van der Waals surface area (Å²) in [6.07, 6.45) is 0. The maximum absolute atomic E-state index is 12.3. The van der Waals surface area contributed by atoms with Crippen LogP contribution in [0.25, 0.3) is 0 Å². The summed E-state index contributed by atoms with van der Waals surface area (Å²) in [5.41, 5.74) is 5.30. The van der Waals surface area contributed by atoms with E-state index in [9.17, 15) is 13.6 Å². The molecule has 0 fully saturated rings. The molecule has 0 bridgehead atoms. The minimum Gasteiger partial charge on any atom is -0.465 e. The number of hydrogen-bond donors (Lipinski definition) is 1. The van der Waals surface area contributed by atoms with Crippen LogP contribution in [-0.2, 0) is 11.3 Å². The van der Waals surface area contributed by atoms with Gasteiger partial charge in [0.05, 0.1) is 18.7 Å². The average molecular weight is 256 g/mol. The zero-order valence-corrected chi connectivity index (χ0v) is 9.44. The zero-order valence-electron chi connectivity index (χ0n) is 9.44. The van der Waals surface area contributed by atoms with E-state index in [1.165, 1.54) is 12.1 Å². The van der Waals surface area contributed by atoms with Crippen LogP contribution in [0.4, 0.5) is 8.78 Å². The van der Waals surface area contributed by atoms with Crippen LogP contribution in [-0.4, -0.2) is 19.7 Å². The van der Waals surface area contributed by atoms with Gasteiger partial charge in [-0.2, -0.15) is 14.0 Å². The van der Waals surface area contributed by atoms with E-state index in [4.69, 9.17) is 11.0 Å². The van der Waals surface area contributed by atoms with Crippen LogP contribution >= 0.6 is 0 Å². The molecular weight excluding hydrogens is 246 g/mol. The molecule has 1 rings (SSSR count). The van der Waals surface area contributed by atoms with Crippen molar-refractivity contribution in [1.29, 1.82) is 5.26 Å². The Kier molecular flexibility index (Phi) is 4.57. The van der Waals surface area contributed by atoms with Gasteiger partial charge in [0, 0.05) is 12.1 Å². The predicted molar refractivity (Wildman–Crippen MR) is 57.0 cm³/mol. The first kappa shape index (κ1) is 13.9. The molecule has 5 nitrogen and oxygen atoms in total. The number of methoxy groups -OCH3 is 1. The van der Waals surface area contributed by atoms with Gasteiger partial charge in [-0.05, 0) is 12.1 Å². The van der Waals surface area contributed by atoms with Crippen molar-refractivity contribution in [2.75, 3.05) is 7.11 Å². The second-order valence-electron chi connectivity index (χ2n) is 3.15. The van der Waals surface area contributed by atoms with Gasteiger partial charge in [0.1, 0.15) is 11.3 Å². The SMILES string of the molecule is COC(=O)c1ccc(C#N)c(CN)c1OC(F)F. The van der Waals surface area contributed by atoms with E-state index >= 15 is 0 Å². The van der Waals surface area contributed by atoms with Crippen molar-refractivity contribution >= 4 is 5.97 Å². The second kappa shape index (κ2) is 5.93. The van der Waals surface area contributed by atoms with Crippen LogP contribution in [0.1, 0.15) is 21.5 Å². The van der Waals surface area contributed by atoms with Gasteiger partial charge in [0.15, 0.2) is 0 Å². The number of nitrogens with two attached hydrogens (primary N) is 1. The summed E-state index contributed by atoms with van der Waals surface area (Å²) in [5.74, 6) is -1.26. The minimum atomic E-state index is -3.13. The van der Waals surface area contributed by atoms with E-state index in [1.54, 1.807) is 6.07 Å². The molecule has 18 heavy (non-hydrogen) atoms. The van der Waals surface area contributed by atoms with Gasteiger partial charge < -0.3 is 15.2 Å². The highest BCUT2D eigenvalue weighted by Gasteiger charge is 2.22. The van der Waals surface area contributed by atoms with Crippen LogP contribution in [0.3, 0.4) is 0 Å². The van der Waals surface area contributed by atoms with Crippen molar-refractivity contribution in [3.05, 3.63) is 28.8 Å². The van der Waals surface area contributed by atoms with Gasteiger partial charge in [-0.1, -0.05) is 0 Å². The number of ether oxygens (including phenoxy) is 2. The summed E-state index contributed by atoms with van der Waals surface area (Å²) >= 11 is 0. The van der Waals surface area contributed by atoms with E-state index in [2.05, 4.69) is 9.47 Å². The molecule has 1 aromatic rings. The zero-order chi connectivity index (χ0) is 13.7. The molecule has 96 valence electrons. The molecule has 1 aromatic carbocycles. The number of esters is 1. The van der Waals surface area contributed by atoms with Crippen molar-refractivity contribution < 1.29 is 23.0 Å². The summed E-state index contributed by atoms with van der Waals surface area (Å²) < 4.78 is 33.4. The monoisotopic (exact) mass is 256 g/mol. The molecule has 0 unspecified atom stereocenters. The lowest BCUT2D eigenvalue weighted by Gasteiger charge is -2.14. The number of hydrogen-bond acceptors (Lipinski definition) is 5. The Morgan fingerprint density at radius 2 is 2.22 bits per heavy atom. The number of halogens is 2. The van der Waals surface area contributed by atoms with E-state index in [0.717, 1.165) is 7.11 Å². The van der Waals surface area contributed by atoms with E-state index in [0.29, 0.717) is 0 Å². The van der Waals surface area contributed by atoms with Crippen molar-refractivity contribution in [3.63, 3.8) is 0 Å². The van der Waals surface area contributed by atoms with Gasteiger partial charge in [-0.25, -0.2) is 4.79 Å². The molecule has 0 spiro atoms. The highest BCUT2D eigenvalue weighted by atomic mass is 19.3. The first-order chi connectivity index (χ1) is 8.54. The Morgan fingerprint density at radius 1 is 1.56 bits per heavy atom. The number of alkyl halides is 2. The fraction of sp³-hybridized carbons (Fsp3) is 0.273. The number of carbonyl (C=O) groups excluding carboxylic acids is 1. The van der Waals surface area contributed by atoms with Crippen LogP contribution in [0, 0.1) is 11.3 Å². The third-order valence-electron chi connectivity index (χ3n) is 2.20. The van der Waals surface area contributed by atoms with Crippen LogP contribution in [0.2, 0.25) is 0 Å². The van der Waals surface area contributed by atoms with Gasteiger partial charge >= 0.3 is 12.6 Å². The molecule has 0 heterocycles. The average Bonchev–Trinajstić information content (AvgIpc) is 2.36. The first-order valence-corrected chi connectivity index (χ1v) is 4.84.